The number of pyridine rings is 1. The lowest BCUT2D eigenvalue weighted by Gasteiger charge is -2.17. The molecule has 152 valence electrons. The first kappa shape index (κ1) is 19.5. The minimum atomic E-state index is -0.209. The maximum absolute atomic E-state index is 13.4. The predicted octanol–water partition coefficient (Wildman–Crippen LogP) is 6.21. The lowest BCUT2D eigenvalue weighted by Crippen LogP contribution is -2.13. The summed E-state index contributed by atoms with van der Waals surface area (Å²) >= 11 is 1.55. The second-order valence-corrected chi connectivity index (χ2v) is 9.17. The number of carbonyl (C=O) groups excluding carboxylic acids is 1. The fourth-order valence-electron chi connectivity index (χ4n) is 4.25. The van der Waals surface area contributed by atoms with E-state index in [9.17, 15) is 10.1 Å². The van der Waals surface area contributed by atoms with E-state index in [2.05, 4.69) is 18.3 Å². The highest BCUT2D eigenvalue weighted by Crippen LogP contribution is 2.39. The minimum Gasteiger partial charge on any atom is -0.312 e. The number of rotatable bonds is 3. The molecule has 2 heterocycles. The van der Waals surface area contributed by atoms with Gasteiger partial charge in [0.2, 0.25) is 0 Å². The van der Waals surface area contributed by atoms with Gasteiger partial charge in [0.15, 0.2) is 0 Å². The molecule has 4 nitrogen and oxygen atoms in total. The second kappa shape index (κ2) is 7.98. The molecule has 0 bridgehead atoms. The molecule has 0 saturated heterocycles. The van der Waals surface area contributed by atoms with Crippen LogP contribution in [0.2, 0.25) is 0 Å². The number of nitriles is 1. The third kappa shape index (κ3) is 3.60. The van der Waals surface area contributed by atoms with E-state index >= 15 is 0 Å². The first-order valence-electron chi connectivity index (χ1n) is 10.4. The van der Waals surface area contributed by atoms with E-state index in [-0.39, 0.29) is 5.91 Å². The topological polar surface area (TPSA) is 65.8 Å². The number of amides is 1. The first-order chi connectivity index (χ1) is 15.1. The van der Waals surface area contributed by atoms with Gasteiger partial charge in [0, 0.05) is 15.8 Å². The number of aromatic nitrogens is 1. The summed E-state index contributed by atoms with van der Waals surface area (Å²) in [7, 11) is 0. The number of para-hydroxylation sites is 1. The number of thiophene rings is 1. The van der Waals surface area contributed by atoms with Crippen molar-refractivity contribution in [3.05, 3.63) is 82.2 Å². The van der Waals surface area contributed by atoms with Gasteiger partial charge in [-0.1, -0.05) is 55.5 Å². The zero-order chi connectivity index (χ0) is 21.4. The van der Waals surface area contributed by atoms with Gasteiger partial charge in [-0.25, -0.2) is 4.98 Å². The molecule has 1 amide bonds. The zero-order valence-corrected chi connectivity index (χ0v) is 18.0. The van der Waals surface area contributed by atoms with Crippen LogP contribution in [0.15, 0.2) is 60.7 Å². The van der Waals surface area contributed by atoms with E-state index in [4.69, 9.17) is 4.98 Å². The van der Waals surface area contributed by atoms with Gasteiger partial charge in [-0.15, -0.1) is 11.3 Å². The van der Waals surface area contributed by atoms with Crippen molar-refractivity contribution in [3.63, 3.8) is 0 Å². The quantitative estimate of drug-likeness (QED) is 0.426. The summed E-state index contributed by atoms with van der Waals surface area (Å²) in [4.78, 5) is 19.4. The SMILES string of the molecule is C[C@H]1CCc2c(sc(NC(=O)c3cc(-c4ccccc4)nc4ccccc34)c2C#N)C1. The number of hydrogen-bond donors (Lipinski definition) is 1. The largest absolute Gasteiger partial charge is 0.312 e. The molecule has 0 saturated carbocycles. The maximum atomic E-state index is 13.4. The Hall–Kier alpha value is -3.49. The average Bonchev–Trinajstić information content (AvgIpc) is 3.14. The number of fused-ring (bicyclic) bond motifs is 2. The van der Waals surface area contributed by atoms with Gasteiger partial charge < -0.3 is 5.32 Å². The number of hydrogen-bond acceptors (Lipinski definition) is 4. The molecule has 1 aliphatic rings. The minimum absolute atomic E-state index is 0.209. The third-order valence-electron chi connectivity index (χ3n) is 5.88. The molecule has 0 unspecified atom stereocenters. The molecule has 1 aliphatic carbocycles. The second-order valence-electron chi connectivity index (χ2n) is 8.06. The molecule has 0 radical (unpaired) electrons. The Balaban J connectivity index is 1.57. The van der Waals surface area contributed by atoms with Gasteiger partial charge in [0.05, 0.1) is 22.3 Å². The number of carbonyl (C=O) groups is 1. The zero-order valence-electron chi connectivity index (χ0n) is 17.2. The molecule has 0 fully saturated rings. The van der Waals surface area contributed by atoms with Crippen LogP contribution in [0.3, 0.4) is 0 Å². The van der Waals surface area contributed by atoms with Crippen LogP contribution in [-0.2, 0) is 12.8 Å². The summed E-state index contributed by atoms with van der Waals surface area (Å²) in [6, 6.07) is 21.7. The fourth-order valence-corrected chi connectivity index (χ4v) is 5.60. The van der Waals surface area contributed by atoms with Crippen LogP contribution in [0.5, 0.6) is 0 Å². The van der Waals surface area contributed by atoms with Gasteiger partial charge in [-0.3, -0.25) is 4.79 Å². The predicted molar refractivity (Wildman–Crippen MR) is 125 cm³/mol. The Morgan fingerprint density at radius 3 is 2.74 bits per heavy atom. The highest BCUT2D eigenvalue weighted by molar-refractivity contribution is 7.16. The van der Waals surface area contributed by atoms with Gasteiger partial charge in [-0.05, 0) is 42.9 Å². The van der Waals surface area contributed by atoms with Crippen molar-refractivity contribution >= 4 is 33.1 Å². The number of nitrogens with zero attached hydrogens (tertiary/aromatic N) is 2. The Bertz CT molecular complexity index is 1330. The standard InChI is InChI=1S/C26H21N3OS/c1-16-11-12-19-21(15-27)26(31-24(19)13-16)29-25(30)20-14-23(17-7-3-2-4-8-17)28-22-10-6-5-9-18(20)22/h2-10,14,16H,11-13H2,1H3,(H,29,30)/t16-/m0/s1. The Labute approximate surface area is 185 Å². The van der Waals surface area contributed by atoms with Crippen LogP contribution in [0.25, 0.3) is 22.2 Å². The monoisotopic (exact) mass is 423 g/mol. The van der Waals surface area contributed by atoms with E-state index in [1.165, 1.54) is 4.88 Å². The molecule has 1 N–H and O–H groups in total. The molecular formula is C26H21N3OS. The van der Waals surface area contributed by atoms with Crippen molar-refractivity contribution in [2.24, 2.45) is 5.92 Å². The van der Waals surface area contributed by atoms with Crippen molar-refractivity contribution in [1.82, 2.24) is 4.98 Å². The summed E-state index contributed by atoms with van der Waals surface area (Å²) in [6.45, 7) is 2.24. The lowest BCUT2D eigenvalue weighted by molar-refractivity contribution is 0.102. The van der Waals surface area contributed by atoms with E-state index in [0.717, 1.165) is 47.0 Å². The molecule has 1 atom stereocenters. The smallest absolute Gasteiger partial charge is 0.257 e. The molecule has 0 aliphatic heterocycles. The molecule has 5 heteroatoms. The summed E-state index contributed by atoms with van der Waals surface area (Å²) in [5, 5.41) is 14.3. The van der Waals surface area contributed by atoms with Gasteiger partial charge >= 0.3 is 0 Å². The van der Waals surface area contributed by atoms with Gasteiger partial charge in [-0.2, -0.15) is 5.26 Å². The van der Waals surface area contributed by atoms with Crippen LogP contribution in [0.4, 0.5) is 5.00 Å². The number of anilines is 1. The third-order valence-corrected chi connectivity index (χ3v) is 7.05. The maximum Gasteiger partial charge on any atom is 0.257 e. The van der Waals surface area contributed by atoms with E-state index < -0.39 is 0 Å². The molecule has 31 heavy (non-hydrogen) atoms. The van der Waals surface area contributed by atoms with Crippen LogP contribution < -0.4 is 5.32 Å². The van der Waals surface area contributed by atoms with Gasteiger partial charge in [0.1, 0.15) is 11.1 Å². The Morgan fingerprint density at radius 2 is 1.94 bits per heavy atom. The Kier molecular flexibility index (Phi) is 5.01. The van der Waals surface area contributed by atoms with Crippen LogP contribution in [0, 0.1) is 17.2 Å². The van der Waals surface area contributed by atoms with Crippen LogP contribution in [-0.4, -0.2) is 10.9 Å². The average molecular weight is 424 g/mol. The highest BCUT2D eigenvalue weighted by atomic mass is 32.1. The summed E-state index contributed by atoms with van der Waals surface area (Å²) < 4.78 is 0. The molecule has 4 aromatic rings. The molecule has 0 spiro atoms. The van der Waals surface area contributed by atoms with E-state index in [0.29, 0.717) is 22.0 Å². The van der Waals surface area contributed by atoms with Gasteiger partial charge in [0.25, 0.3) is 5.91 Å². The van der Waals surface area contributed by atoms with Crippen LogP contribution in [0.1, 0.15) is 39.7 Å². The normalized spacial score (nSPS) is 15.3. The fraction of sp³-hybridized carbons (Fsp3) is 0.192. The van der Waals surface area contributed by atoms with Crippen molar-refractivity contribution in [2.45, 2.75) is 26.2 Å². The summed E-state index contributed by atoms with van der Waals surface area (Å²) in [5.41, 5.74) is 4.79. The molecule has 2 aromatic carbocycles. The highest BCUT2D eigenvalue weighted by Gasteiger charge is 2.25. The summed E-state index contributed by atoms with van der Waals surface area (Å²) in [5.74, 6) is 0.401. The van der Waals surface area contributed by atoms with Crippen LogP contribution >= 0.6 is 11.3 Å². The molecular weight excluding hydrogens is 402 g/mol. The Morgan fingerprint density at radius 1 is 1.16 bits per heavy atom. The van der Waals surface area contributed by atoms with Crippen molar-refractivity contribution < 1.29 is 4.79 Å². The summed E-state index contributed by atoms with van der Waals surface area (Å²) in [6.07, 6.45) is 2.96. The molecule has 2 aromatic heterocycles. The van der Waals surface area contributed by atoms with Crippen molar-refractivity contribution in [1.29, 1.82) is 5.26 Å². The lowest BCUT2D eigenvalue weighted by atomic mass is 9.88. The van der Waals surface area contributed by atoms with Crippen molar-refractivity contribution in [2.75, 3.05) is 5.32 Å². The number of nitrogens with one attached hydrogen (secondary N) is 1. The first-order valence-corrected chi connectivity index (χ1v) is 11.3. The van der Waals surface area contributed by atoms with Crippen molar-refractivity contribution in [3.8, 4) is 17.3 Å². The van der Waals surface area contributed by atoms with E-state index in [1.807, 2.05) is 60.7 Å². The van der Waals surface area contributed by atoms with E-state index in [1.54, 1.807) is 11.3 Å². The number of benzene rings is 2. The molecule has 5 rings (SSSR count).